The molecule has 6 N–H and O–H groups in total. The minimum atomic E-state index is -4.91. The van der Waals surface area contributed by atoms with Crippen molar-refractivity contribution in [3.63, 3.8) is 0 Å². The predicted octanol–water partition coefficient (Wildman–Crippen LogP) is 10.2. The Bertz CT molecular complexity index is 3410. The Morgan fingerprint density at radius 2 is 1.05 bits per heavy atom. The molecule has 0 aliphatic carbocycles. The van der Waals surface area contributed by atoms with Crippen LogP contribution >= 0.6 is 46.4 Å². The van der Waals surface area contributed by atoms with E-state index in [1.54, 1.807) is 0 Å². The van der Waals surface area contributed by atoms with Crippen LogP contribution in [0.5, 0.6) is 11.5 Å². The second-order valence-electron chi connectivity index (χ2n) is 14.1. The van der Waals surface area contributed by atoms with Crippen molar-refractivity contribution in [1.82, 2.24) is 15.3 Å². The number of alkyl halides is 6. The number of pyridine rings is 2. The van der Waals surface area contributed by atoms with E-state index in [4.69, 9.17) is 66.4 Å². The third-order valence-corrected chi connectivity index (χ3v) is 13.0. The molecule has 74 heavy (non-hydrogen) atoms. The number of benzene rings is 4. The molecular formula is C44H34Cl4F6N8O10S2. The van der Waals surface area contributed by atoms with Gasteiger partial charge >= 0.3 is 18.4 Å². The number of carbonyl (C=O) groups excluding carboxylic acids is 4. The van der Waals surface area contributed by atoms with Crippen LogP contribution in [0.25, 0.3) is 0 Å². The summed E-state index contributed by atoms with van der Waals surface area (Å²) in [5.74, 6) is -1.38. The van der Waals surface area contributed by atoms with Crippen LogP contribution < -0.4 is 35.3 Å². The second kappa shape index (κ2) is 24.7. The van der Waals surface area contributed by atoms with E-state index < -0.39 is 92.3 Å². The van der Waals surface area contributed by atoms with Crippen LogP contribution in [0.2, 0.25) is 20.1 Å². The molecule has 0 atom stereocenters. The lowest BCUT2D eigenvalue weighted by Crippen LogP contribution is -2.24. The molecule has 2 heterocycles. The monoisotopic (exact) mass is 1150 g/mol. The number of urea groups is 1. The summed E-state index contributed by atoms with van der Waals surface area (Å²) in [6, 6.07) is 14.1. The number of aliphatic imine (C=N–C) groups is 1. The summed E-state index contributed by atoms with van der Waals surface area (Å²) in [6.07, 6.45) is -6.30. The van der Waals surface area contributed by atoms with Gasteiger partial charge in [-0.15, -0.1) is 0 Å². The molecule has 392 valence electrons. The summed E-state index contributed by atoms with van der Waals surface area (Å²) >= 11 is 23.0. The smallest absolute Gasteiger partial charge is 0.417 e. The van der Waals surface area contributed by atoms with Gasteiger partial charge < -0.3 is 25.8 Å². The van der Waals surface area contributed by atoms with E-state index in [1.807, 2.05) is 0 Å². The highest BCUT2D eigenvalue weighted by Crippen LogP contribution is 2.39. The third-order valence-electron chi connectivity index (χ3n) is 9.22. The lowest BCUT2D eigenvalue weighted by molar-refractivity contribution is -0.138. The van der Waals surface area contributed by atoms with Crippen molar-refractivity contribution in [1.29, 1.82) is 0 Å². The Kier molecular flexibility index (Phi) is 19.8. The minimum Gasteiger partial charge on any atom is -0.496 e. The summed E-state index contributed by atoms with van der Waals surface area (Å²) in [4.78, 5) is 56.3. The fourth-order valence-electron chi connectivity index (χ4n) is 5.90. The van der Waals surface area contributed by atoms with Gasteiger partial charge in [-0.25, -0.2) is 41.4 Å². The summed E-state index contributed by atoms with van der Waals surface area (Å²) < 4.78 is 145. The van der Waals surface area contributed by atoms with Gasteiger partial charge in [-0.3, -0.25) is 19.0 Å². The van der Waals surface area contributed by atoms with Gasteiger partial charge in [0.05, 0.1) is 77.7 Å². The Hall–Kier alpha value is -7.19. The van der Waals surface area contributed by atoms with Crippen LogP contribution in [0.15, 0.2) is 112 Å². The largest absolute Gasteiger partial charge is 0.496 e. The third kappa shape index (κ3) is 15.2. The van der Waals surface area contributed by atoms with Gasteiger partial charge in [0, 0.05) is 37.9 Å². The van der Waals surface area contributed by atoms with Crippen molar-refractivity contribution in [3.8, 4) is 11.5 Å². The number of anilines is 4. The van der Waals surface area contributed by atoms with Crippen molar-refractivity contribution in [3.05, 3.63) is 151 Å². The zero-order valence-electron chi connectivity index (χ0n) is 37.8. The first kappa shape index (κ1) is 59.4. The Morgan fingerprint density at radius 1 is 0.649 bits per heavy atom. The predicted molar refractivity (Wildman–Crippen MR) is 262 cm³/mol. The number of hydrogen-bond acceptors (Lipinski definition) is 14. The number of amides is 2. The molecular weight excluding hydrogens is 1120 g/mol. The van der Waals surface area contributed by atoms with Crippen LogP contribution in [0, 0.1) is 0 Å². The molecule has 0 saturated heterocycles. The molecule has 0 aliphatic heterocycles. The highest BCUT2D eigenvalue weighted by atomic mass is 35.5. The highest BCUT2D eigenvalue weighted by molar-refractivity contribution is 7.93. The maximum atomic E-state index is 13.4. The van der Waals surface area contributed by atoms with Crippen LogP contribution in [0.1, 0.15) is 43.2 Å². The van der Waals surface area contributed by atoms with E-state index >= 15 is 0 Å². The second-order valence-corrected chi connectivity index (χ2v) is 19.2. The number of aromatic nitrogens is 2. The molecule has 0 spiro atoms. The number of carbonyl (C=O) groups is 3. The molecule has 0 saturated carbocycles. The first-order chi connectivity index (χ1) is 34.5. The number of rotatable bonds is 13. The van der Waals surface area contributed by atoms with Gasteiger partial charge in [-0.2, -0.15) is 26.3 Å². The molecule has 2 aromatic heterocycles. The van der Waals surface area contributed by atoms with Crippen molar-refractivity contribution in [2.75, 3.05) is 48.8 Å². The zero-order chi connectivity index (χ0) is 55.5. The van der Waals surface area contributed by atoms with Gasteiger partial charge in [0.25, 0.3) is 20.0 Å². The molecule has 4 aromatic carbocycles. The molecule has 0 unspecified atom stereocenters. The van der Waals surface area contributed by atoms with Gasteiger partial charge in [-0.05, 0) is 84.9 Å². The molecule has 0 fully saturated rings. The molecule has 6 aromatic rings. The number of sulfonamides is 2. The summed E-state index contributed by atoms with van der Waals surface area (Å²) in [6.45, 7) is 0. The number of nitrogens with two attached hydrogens (primary N) is 1. The number of nitrogens with one attached hydrogen (secondary N) is 4. The van der Waals surface area contributed by atoms with E-state index in [9.17, 15) is 57.6 Å². The molecule has 0 radical (unpaired) electrons. The Labute approximate surface area is 436 Å². The van der Waals surface area contributed by atoms with Crippen molar-refractivity contribution in [2.45, 2.75) is 22.1 Å². The molecule has 30 heteroatoms. The minimum absolute atomic E-state index is 0.0152. The number of hydrogen-bond donors (Lipinski definition) is 5. The quantitative estimate of drug-likeness (QED) is 0.0237. The van der Waals surface area contributed by atoms with E-state index in [1.165, 1.54) is 70.8 Å². The van der Waals surface area contributed by atoms with Crippen molar-refractivity contribution < 1.29 is 71.8 Å². The van der Waals surface area contributed by atoms with Crippen LogP contribution in [0.3, 0.4) is 0 Å². The normalized spacial score (nSPS) is 11.3. The summed E-state index contributed by atoms with van der Waals surface area (Å²) in [5.41, 5.74) is 1.78. The molecule has 2 amide bonds. The molecule has 0 aliphatic rings. The number of methoxy groups -OCH3 is 2. The fraction of sp³-hybridized carbons (Fsp3) is 0.136. The molecule has 6 rings (SSSR count). The van der Waals surface area contributed by atoms with E-state index in [0.29, 0.717) is 12.1 Å². The standard InChI is InChI=1S/C22H17Cl2F3N4O5S.C20H14Cl2F3N3O4S.C2H3NO/c1-28-21(33)30-12-3-6-18(36-2)14(8-12)20(32)19-17(7-11(23)10-29-19)31-37(34,35)13-4-5-16(24)15(9-13)22(25,26)27;1-32-17-5-2-11(26)7-13(17)19(29)18-16(6-10(21)9-27-18)28-33(30,31)12-3-4-15(22)14(8-12)20(23,24)25;1-3-2-4/h3-10,31H,1-2H3,(H2,28,30,33);2-9,28H,26H2,1H3;1H3. The zero-order valence-corrected chi connectivity index (χ0v) is 42.5. The van der Waals surface area contributed by atoms with Gasteiger partial charge in [0.15, 0.2) is 0 Å². The van der Waals surface area contributed by atoms with Crippen LogP contribution in [-0.2, 0) is 37.2 Å². The number of halogens is 10. The highest BCUT2D eigenvalue weighted by Gasteiger charge is 2.36. The molecule has 0 bridgehead atoms. The average molecular weight is 1150 g/mol. The number of ketones is 2. The number of nitrogens with zero attached hydrogens (tertiary/aromatic N) is 3. The first-order valence-electron chi connectivity index (χ1n) is 19.8. The molecule has 18 nitrogen and oxygen atoms in total. The van der Waals surface area contributed by atoms with E-state index in [0.717, 1.165) is 48.8 Å². The Morgan fingerprint density at radius 3 is 1.43 bits per heavy atom. The van der Waals surface area contributed by atoms with Crippen LogP contribution in [-0.4, -0.2) is 78.8 Å². The number of ether oxygens (including phenoxy) is 2. The maximum absolute atomic E-state index is 13.4. The van der Waals surface area contributed by atoms with Gasteiger partial charge in [-0.1, -0.05) is 46.4 Å². The lowest BCUT2D eigenvalue weighted by atomic mass is 10.0. The number of isocyanates is 1. The SMILES string of the molecule is CN=C=O.CNC(=O)Nc1ccc(OC)c(C(=O)c2ncc(Cl)cc2NS(=O)(=O)c2ccc(Cl)c(C(F)(F)F)c2)c1.COc1ccc(N)cc1C(=O)c1ncc(Cl)cc1NS(=O)(=O)c1ccc(Cl)c(C(F)(F)F)c1. The Balaban J connectivity index is 0.000000300. The van der Waals surface area contributed by atoms with Gasteiger partial charge in [0.2, 0.25) is 17.6 Å². The van der Waals surface area contributed by atoms with Crippen molar-refractivity contribution >= 4 is 113 Å². The number of nitrogen functional groups attached to an aromatic ring is 1. The van der Waals surface area contributed by atoms with E-state index in [2.05, 4.69) is 35.0 Å². The first-order valence-corrected chi connectivity index (χ1v) is 24.2. The average Bonchev–Trinajstić information content (AvgIpc) is 3.33. The van der Waals surface area contributed by atoms with E-state index in [-0.39, 0.29) is 55.4 Å². The van der Waals surface area contributed by atoms with Gasteiger partial charge in [0.1, 0.15) is 22.9 Å². The fourth-order valence-corrected chi connectivity index (χ4v) is 8.83. The van der Waals surface area contributed by atoms with Crippen LogP contribution in [0.4, 0.5) is 53.9 Å². The topological polar surface area (TPSA) is 267 Å². The van der Waals surface area contributed by atoms with Crippen molar-refractivity contribution in [2.24, 2.45) is 4.99 Å². The lowest BCUT2D eigenvalue weighted by Gasteiger charge is -2.15. The maximum Gasteiger partial charge on any atom is 0.417 e. The summed E-state index contributed by atoms with van der Waals surface area (Å²) in [5, 5.41) is 3.37. The summed E-state index contributed by atoms with van der Waals surface area (Å²) in [7, 11) is -3.90.